The summed E-state index contributed by atoms with van der Waals surface area (Å²) in [6.07, 6.45) is 1.29. The maximum Gasteiger partial charge on any atom is 0.123 e. The maximum atomic E-state index is 6.04. The number of methoxy groups -OCH3 is 1. The van der Waals surface area contributed by atoms with Crippen LogP contribution in [0.25, 0.3) is 0 Å². The monoisotopic (exact) mass is 342 g/mol. The van der Waals surface area contributed by atoms with Crippen molar-refractivity contribution in [3.8, 4) is 5.75 Å². The van der Waals surface area contributed by atoms with E-state index < -0.39 is 0 Å². The lowest BCUT2D eigenvalue weighted by atomic mass is 10.0. The molecule has 0 saturated carbocycles. The fourth-order valence-corrected chi connectivity index (χ4v) is 3.34. The van der Waals surface area contributed by atoms with Gasteiger partial charge in [-0.1, -0.05) is 15.9 Å². The van der Waals surface area contributed by atoms with Gasteiger partial charge in [0.05, 0.1) is 19.3 Å². The number of halogens is 1. The largest absolute Gasteiger partial charge is 0.496 e. The molecule has 0 aliphatic carbocycles. The number of benzene rings is 1. The van der Waals surface area contributed by atoms with E-state index in [-0.39, 0.29) is 12.1 Å². The Balaban J connectivity index is 2.29. The molecule has 0 amide bonds. The number of rotatable bonds is 5. The standard InChI is InChI=1S/C15H23BrN2O2/c1-10-13(6-7-20-10)18(2)14(9-17)12-8-11(16)4-5-15(12)19-3/h4-5,8,10,13-14H,6-7,9,17H2,1-3H3. The highest BCUT2D eigenvalue weighted by molar-refractivity contribution is 9.10. The first-order valence-corrected chi connectivity index (χ1v) is 7.74. The molecule has 4 nitrogen and oxygen atoms in total. The molecule has 112 valence electrons. The van der Waals surface area contributed by atoms with E-state index >= 15 is 0 Å². The summed E-state index contributed by atoms with van der Waals surface area (Å²) in [6, 6.07) is 6.57. The minimum atomic E-state index is 0.122. The summed E-state index contributed by atoms with van der Waals surface area (Å²) in [5.41, 5.74) is 7.16. The number of ether oxygens (including phenoxy) is 2. The lowest BCUT2D eigenvalue weighted by molar-refractivity contribution is 0.0681. The van der Waals surface area contributed by atoms with Gasteiger partial charge >= 0.3 is 0 Å². The Morgan fingerprint density at radius 1 is 1.55 bits per heavy atom. The highest BCUT2D eigenvalue weighted by Crippen LogP contribution is 2.34. The summed E-state index contributed by atoms with van der Waals surface area (Å²) >= 11 is 3.53. The average molecular weight is 343 g/mol. The molecule has 0 aromatic heterocycles. The molecule has 2 N–H and O–H groups in total. The summed E-state index contributed by atoms with van der Waals surface area (Å²) in [6.45, 7) is 3.50. The number of hydrogen-bond acceptors (Lipinski definition) is 4. The van der Waals surface area contributed by atoms with Gasteiger partial charge in [0.1, 0.15) is 5.75 Å². The molecule has 0 bridgehead atoms. The van der Waals surface area contributed by atoms with Crippen LogP contribution >= 0.6 is 15.9 Å². The Kier molecular flexibility index (Phi) is 5.43. The highest BCUT2D eigenvalue weighted by Gasteiger charge is 2.32. The lowest BCUT2D eigenvalue weighted by Crippen LogP contribution is -2.42. The van der Waals surface area contributed by atoms with Crippen LogP contribution in [0.15, 0.2) is 22.7 Å². The van der Waals surface area contributed by atoms with Gasteiger partial charge in [-0.05, 0) is 38.6 Å². The van der Waals surface area contributed by atoms with Gasteiger partial charge in [-0.15, -0.1) is 0 Å². The lowest BCUT2D eigenvalue weighted by Gasteiger charge is -2.34. The maximum absolute atomic E-state index is 6.04. The number of nitrogens with two attached hydrogens (primary N) is 1. The second-order valence-corrected chi connectivity index (χ2v) is 6.15. The van der Waals surface area contributed by atoms with E-state index in [0.717, 1.165) is 28.8 Å². The summed E-state index contributed by atoms with van der Waals surface area (Å²) in [5.74, 6) is 0.877. The molecule has 1 aliphatic rings. The Hall–Kier alpha value is -0.620. The smallest absolute Gasteiger partial charge is 0.123 e. The van der Waals surface area contributed by atoms with Crippen LogP contribution in [0.5, 0.6) is 5.75 Å². The normalized spacial score (nSPS) is 24.1. The van der Waals surface area contributed by atoms with Crippen molar-refractivity contribution in [2.24, 2.45) is 5.73 Å². The van der Waals surface area contributed by atoms with Crippen LogP contribution in [0.2, 0.25) is 0 Å². The van der Waals surface area contributed by atoms with E-state index in [9.17, 15) is 0 Å². The zero-order valence-corrected chi connectivity index (χ0v) is 13.9. The van der Waals surface area contributed by atoms with Gasteiger partial charge in [0.2, 0.25) is 0 Å². The molecule has 1 fully saturated rings. The first-order chi connectivity index (χ1) is 9.58. The molecule has 3 atom stereocenters. The molecule has 1 heterocycles. The Morgan fingerprint density at radius 3 is 2.85 bits per heavy atom. The fraction of sp³-hybridized carbons (Fsp3) is 0.600. The van der Waals surface area contributed by atoms with Crippen LogP contribution in [0.1, 0.15) is 24.9 Å². The molecule has 0 radical (unpaired) electrons. The molecule has 1 saturated heterocycles. The van der Waals surface area contributed by atoms with E-state index in [1.54, 1.807) is 7.11 Å². The van der Waals surface area contributed by atoms with Crippen molar-refractivity contribution in [2.45, 2.75) is 31.5 Å². The first-order valence-electron chi connectivity index (χ1n) is 6.95. The fourth-order valence-electron chi connectivity index (χ4n) is 2.96. The molecule has 0 spiro atoms. The summed E-state index contributed by atoms with van der Waals surface area (Å²) < 4.78 is 12.2. The molecule has 3 unspecified atom stereocenters. The van der Waals surface area contributed by atoms with Gasteiger partial charge in [-0.3, -0.25) is 4.90 Å². The summed E-state index contributed by atoms with van der Waals surface area (Å²) in [4.78, 5) is 2.32. The van der Waals surface area contributed by atoms with Crippen molar-refractivity contribution in [3.63, 3.8) is 0 Å². The molecular weight excluding hydrogens is 320 g/mol. The molecule has 1 aliphatic heterocycles. The third-order valence-electron chi connectivity index (χ3n) is 4.12. The molecular formula is C15H23BrN2O2. The van der Waals surface area contributed by atoms with Crippen LogP contribution in [0, 0.1) is 0 Å². The average Bonchev–Trinajstić information content (AvgIpc) is 2.86. The SMILES string of the molecule is COc1ccc(Br)cc1C(CN)N(C)C1CCOC1C. The van der Waals surface area contributed by atoms with Crippen molar-refractivity contribution >= 4 is 15.9 Å². The molecule has 5 heteroatoms. The topological polar surface area (TPSA) is 47.7 Å². The van der Waals surface area contributed by atoms with Crippen molar-refractivity contribution in [1.29, 1.82) is 0 Å². The first kappa shape index (κ1) is 15.8. The summed E-state index contributed by atoms with van der Waals surface area (Å²) in [5, 5.41) is 0. The number of hydrogen-bond donors (Lipinski definition) is 1. The minimum Gasteiger partial charge on any atom is -0.496 e. The third kappa shape index (κ3) is 3.17. The predicted octanol–water partition coefficient (Wildman–Crippen LogP) is 2.57. The van der Waals surface area contributed by atoms with Crippen molar-refractivity contribution < 1.29 is 9.47 Å². The van der Waals surface area contributed by atoms with E-state index in [4.69, 9.17) is 15.2 Å². The van der Waals surface area contributed by atoms with Crippen LogP contribution < -0.4 is 10.5 Å². The number of likely N-dealkylation sites (N-methyl/N-ethyl adjacent to an activating group) is 1. The zero-order valence-electron chi connectivity index (χ0n) is 12.3. The zero-order chi connectivity index (χ0) is 14.7. The van der Waals surface area contributed by atoms with E-state index in [0.29, 0.717) is 12.6 Å². The number of nitrogens with zero attached hydrogens (tertiary/aromatic N) is 1. The van der Waals surface area contributed by atoms with Crippen molar-refractivity contribution in [1.82, 2.24) is 4.90 Å². The molecule has 2 rings (SSSR count). The predicted molar refractivity (Wildman–Crippen MR) is 84.1 cm³/mol. The van der Waals surface area contributed by atoms with Gasteiger partial charge in [0.15, 0.2) is 0 Å². The van der Waals surface area contributed by atoms with Gasteiger partial charge in [-0.2, -0.15) is 0 Å². The van der Waals surface area contributed by atoms with Gasteiger partial charge < -0.3 is 15.2 Å². The Labute approximate surface area is 129 Å². The Morgan fingerprint density at radius 2 is 2.30 bits per heavy atom. The van der Waals surface area contributed by atoms with Crippen LogP contribution in [0.4, 0.5) is 0 Å². The van der Waals surface area contributed by atoms with Crippen molar-refractivity contribution in [2.75, 3.05) is 27.3 Å². The molecule has 20 heavy (non-hydrogen) atoms. The van der Waals surface area contributed by atoms with E-state index in [1.165, 1.54) is 0 Å². The molecule has 1 aromatic carbocycles. The molecule has 1 aromatic rings. The minimum absolute atomic E-state index is 0.122. The van der Waals surface area contributed by atoms with E-state index in [1.807, 2.05) is 12.1 Å². The van der Waals surface area contributed by atoms with Crippen molar-refractivity contribution in [3.05, 3.63) is 28.2 Å². The quantitative estimate of drug-likeness (QED) is 0.893. The van der Waals surface area contributed by atoms with Crippen LogP contribution in [-0.4, -0.2) is 44.4 Å². The highest BCUT2D eigenvalue weighted by atomic mass is 79.9. The summed E-state index contributed by atoms with van der Waals surface area (Å²) in [7, 11) is 3.81. The van der Waals surface area contributed by atoms with Crippen LogP contribution in [-0.2, 0) is 4.74 Å². The third-order valence-corrected chi connectivity index (χ3v) is 4.62. The second-order valence-electron chi connectivity index (χ2n) is 5.24. The Bertz CT molecular complexity index is 455. The van der Waals surface area contributed by atoms with E-state index in [2.05, 4.69) is 40.9 Å². The van der Waals surface area contributed by atoms with Gasteiger partial charge in [0, 0.05) is 29.2 Å². The van der Waals surface area contributed by atoms with Gasteiger partial charge in [-0.25, -0.2) is 0 Å². The van der Waals surface area contributed by atoms with Gasteiger partial charge in [0.25, 0.3) is 0 Å². The second kappa shape index (κ2) is 6.89. The van der Waals surface area contributed by atoms with Crippen LogP contribution in [0.3, 0.4) is 0 Å².